The first-order valence-corrected chi connectivity index (χ1v) is 9.45. The molecule has 1 amide bonds. The summed E-state index contributed by atoms with van der Waals surface area (Å²) in [6.45, 7) is 3.75. The largest absolute Gasteiger partial charge is 0.378 e. The highest BCUT2D eigenvalue weighted by Gasteiger charge is 2.41. The summed E-state index contributed by atoms with van der Waals surface area (Å²) in [5, 5.41) is 12.1. The molecule has 2 fully saturated rings. The zero-order chi connectivity index (χ0) is 16.5. The third-order valence-corrected chi connectivity index (χ3v) is 5.66. The van der Waals surface area contributed by atoms with Gasteiger partial charge in [0.05, 0.1) is 6.10 Å². The van der Waals surface area contributed by atoms with Crippen molar-refractivity contribution < 1.29 is 9.53 Å². The lowest BCUT2D eigenvalue weighted by Crippen LogP contribution is -2.55. The molecule has 4 N–H and O–H groups in total. The Morgan fingerprint density at radius 3 is 3.00 bits per heavy atom. The van der Waals surface area contributed by atoms with Gasteiger partial charge >= 0.3 is 0 Å². The summed E-state index contributed by atoms with van der Waals surface area (Å²) < 4.78 is 5.91. The molecule has 1 saturated carbocycles. The second-order valence-corrected chi connectivity index (χ2v) is 7.21. The molecule has 2 heterocycles. The van der Waals surface area contributed by atoms with E-state index in [0.717, 1.165) is 50.1 Å². The fourth-order valence-electron chi connectivity index (χ4n) is 4.43. The van der Waals surface area contributed by atoms with Crippen LogP contribution in [0.3, 0.4) is 0 Å². The first-order chi connectivity index (χ1) is 11.8. The highest BCUT2D eigenvalue weighted by Crippen LogP contribution is 2.30. The molecule has 7 heteroatoms. The maximum absolute atomic E-state index is 12.6. The Kier molecular flexibility index (Phi) is 4.76. The molecule has 4 rings (SSSR count). The highest BCUT2D eigenvalue weighted by atomic mass is 16.5. The molecule has 0 aromatic heterocycles. The van der Waals surface area contributed by atoms with Crippen LogP contribution < -0.4 is 21.4 Å². The zero-order valence-corrected chi connectivity index (χ0v) is 14.4. The molecule has 0 aromatic rings. The van der Waals surface area contributed by atoms with Crippen molar-refractivity contribution in [3.63, 3.8) is 0 Å². The summed E-state index contributed by atoms with van der Waals surface area (Å²) in [4.78, 5) is 12.6. The maximum Gasteiger partial charge on any atom is 0.268 e. The van der Waals surface area contributed by atoms with Gasteiger partial charge in [-0.25, -0.2) is 10.3 Å². The van der Waals surface area contributed by atoms with Crippen LogP contribution in [-0.2, 0) is 9.53 Å². The fourth-order valence-corrected chi connectivity index (χ4v) is 4.43. The first-order valence-electron chi connectivity index (χ1n) is 9.45. The van der Waals surface area contributed by atoms with Gasteiger partial charge < -0.3 is 10.1 Å². The quantitative estimate of drug-likeness (QED) is 0.593. The van der Waals surface area contributed by atoms with E-state index < -0.39 is 0 Å². The lowest BCUT2D eigenvalue weighted by atomic mass is 9.86. The fraction of sp³-hybridized carbons (Fsp3) is 0.824. The number of nitrogens with one attached hydrogen (secondary N) is 4. The number of rotatable bonds is 5. The number of carbonyl (C=O) groups excluding carboxylic acids is 1. The Morgan fingerprint density at radius 2 is 2.12 bits per heavy atom. The maximum atomic E-state index is 12.6. The predicted molar refractivity (Wildman–Crippen MR) is 90.1 cm³/mol. The Hall–Kier alpha value is -1.15. The summed E-state index contributed by atoms with van der Waals surface area (Å²) >= 11 is 0. The van der Waals surface area contributed by atoms with Gasteiger partial charge in [-0.1, -0.05) is 12.8 Å². The van der Waals surface area contributed by atoms with Crippen LogP contribution in [0.15, 0.2) is 11.3 Å². The lowest BCUT2D eigenvalue weighted by molar-refractivity contribution is -0.132. The zero-order valence-electron chi connectivity index (χ0n) is 14.4. The highest BCUT2D eigenvalue weighted by molar-refractivity contribution is 5.95. The molecule has 1 saturated heterocycles. The number of hydrazine groups is 1. The standard InChI is InChI=1S/C17H29N5O2/c1-2-24-14-9-4-3-6-11(14)10-18-16-20-17-19-13-8-5-7-12(13)15(23)22(17)21-16/h11,14,16-21H,2-10H2,1H3. The van der Waals surface area contributed by atoms with E-state index >= 15 is 0 Å². The monoisotopic (exact) mass is 335 g/mol. The number of amides is 1. The van der Waals surface area contributed by atoms with E-state index in [1.165, 1.54) is 19.3 Å². The van der Waals surface area contributed by atoms with E-state index in [9.17, 15) is 4.79 Å². The molecule has 24 heavy (non-hydrogen) atoms. The second-order valence-electron chi connectivity index (χ2n) is 7.21. The summed E-state index contributed by atoms with van der Waals surface area (Å²) in [6.07, 6.45) is 8.01. The minimum Gasteiger partial charge on any atom is -0.378 e. The van der Waals surface area contributed by atoms with Gasteiger partial charge in [-0.2, -0.15) is 5.43 Å². The van der Waals surface area contributed by atoms with Crippen LogP contribution in [0.2, 0.25) is 0 Å². The van der Waals surface area contributed by atoms with Crippen molar-refractivity contribution >= 4 is 5.91 Å². The van der Waals surface area contributed by atoms with Crippen molar-refractivity contribution in [3.05, 3.63) is 11.3 Å². The van der Waals surface area contributed by atoms with E-state index in [0.29, 0.717) is 12.0 Å². The number of nitrogens with zero attached hydrogens (tertiary/aromatic N) is 1. The van der Waals surface area contributed by atoms with Crippen LogP contribution in [-0.4, -0.2) is 42.8 Å². The first kappa shape index (κ1) is 16.3. The van der Waals surface area contributed by atoms with Gasteiger partial charge in [0.2, 0.25) is 0 Å². The smallest absolute Gasteiger partial charge is 0.268 e. The summed E-state index contributed by atoms with van der Waals surface area (Å²) in [7, 11) is 0. The summed E-state index contributed by atoms with van der Waals surface area (Å²) in [5.74, 6) is 0.666. The number of carbonyl (C=O) groups is 1. The molecule has 0 aromatic carbocycles. The van der Waals surface area contributed by atoms with Crippen LogP contribution in [0.5, 0.6) is 0 Å². The van der Waals surface area contributed by atoms with Crippen molar-refractivity contribution in [3.8, 4) is 0 Å². The molecule has 2 aliphatic carbocycles. The molecule has 7 nitrogen and oxygen atoms in total. The van der Waals surface area contributed by atoms with Gasteiger partial charge in [-0.15, -0.1) is 0 Å². The number of hydrogen-bond donors (Lipinski definition) is 4. The molecular formula is C17H29N5O2. The Bertz CT molecular complexity index is 521. The average Bonchev–Trinajstić information content (AvgIpc) is 3.21. The molecule has 134 valence electrons. The van der Waals surface area contributed by atoms with E-state index in [2.05, 4.69) is 28.3 Å². The molecule has 0 bridgehead atoms. The third-order valence-electron chi connectivity index (χ3n) is 5.66. The summed E-state index contributed by atoms with van der Waals surface area (Å²) in [5.41, 5.74) is 5.34. The normalized spacial score (nSPS) is 35.9. The average molecular weight is 335 g/mol. The molecule has 0 radical (unpaired) electrons. The van der Waals surface area contributed by atoms with Crippen LogP contribution >= 0.6 is 0 Å². The Labute approximate surface area is 143 Å². The molecule has 2 aliphatic heterocycles. The SMILES string of the molecule is CCOC1CCCCC1CNC1NC2NC3=C(CCC3)C(=O)N2N1. The van der Waals surface area contributed by atoms with Crippen LogP contribution in [0.1, 0.15) is 51.9 Å². The lowest BCUT2D eigenvalue weighted by Gasteiger charge is -2.32. The summed E-state index contributed by atoms with van der Waals surface area (Å²) in [6, 6.07) is 0. The van der Waals surface area contributed by atoms with E-state index in [-0.39, 0.29) is 18.5 Å². The van der Waals surface area contributed by atoms with Crippen molar-refractivity contribution in [1.29, 1.82) is 0 Å². The molecule has 4 aliphatic rings. The Morgan fingerprint density at radius 1 is 1.25 bits per heavy atom. The van der Waals surface area contributed by atoms with Crippen LogP contribution in [0.4, 0.5) is 0 Å². The van der Waals surface area contributed by atoms with E-state index in [1.807, 2.05) is 0 Å². The van der Waals surface area contributed by atoms with Crippen LogP contribution in [0.25, 0.3) is 0 Å². The van der Waals surface area contributed by atoms with Gasteiger partial charge in [0.1, 0.15) is 6.29 Å². The van der Waals surface area contributed by atoms with E-state index in [1.54, 1.807) is 5.01 Å². The van der Waals surface area contributed by atoms with Gasteiger partial charge in [-0.05, 0) is 44.9 Å². The number of allylic oxidation sites excluding steroid dienone is 1. The Balaban J connectivity index is 1.31. The second kappa shape index (κ2) is 7.00. The van der Waals surface area contributed by atoms with Crippen molar-refractivity contribution in [2.75, 3.05) is 13.2 Å². The number of ether oxygens (including phenoxy) is 1. The minimum absolute atomic E-state index is 0.0873. The third kappa shape index (κ3) is 3.06. The van der Waals surface area contributed by atoms with Gasteiger partial charge in [-0.3, -0.25) is 10.1 Å². The van der Waals surface area contributed by atoms with Gasteiger partial charge in [0.15, 0.2) is 6.29 Å². The molecule has 4 atom stereocenters. The topological polar surface area (TPSA) is 77.7 Å². The number of hydrogen-bond acceptors (Lipinski definition) is 6. The van der Waals surface area contributed by atoms with Crippen molar-refractivity contribution in [2.45, 2.75) is 70.6 Å². The van der Waals surface area contributed by atoms with Gasteiger partial charge in [0.25, 0.3) is 5.91 Å². The molecular weight excluding hydrogens is 306 g/mol. The molecule has 4 unspecified atom stereocenters. The minimum atomic E-state index is -0.152. The van der Waals surface area contributed by atoms with E-state index in [4.69, 9.17) is 4.74 Å². The van der Waals surface area contributed by atoms with Gasteiger partial charge in [0, 0.05) is 24.4 Å². The molecule has 0 spiro atoms. The van der Waals surface area contributed by atoms with Crippen LogP contribution in [0, 0.1) is 5.92 Å². The number of fused-ring (bicyclic) bond motifs is 1. The van der Waals surface area contributed by atoms with Crippen molar-refractivity contribution in [1.82, 2.24) is 26.4 Å². The van der Waals surface area contributed by atoms with Crippen molar-refractivity contribution in [2.24, 2.45) is 5.92 Å². The predicted octanol–water partition coefficient (Wildman–Crippen LogP) is 0.716.